The van der Waals surface area contributed by atoms with Gasteiger partial charge in [0.1, 0.15) is 11.7 Å². The lowest BCUT2D eigenvalue weighted by molar-refractivity contribution is 0.586. The van der Waals surface area contributed by atoms with E-state index >= 15 is 0 Å². The van der Waals surface area contributed by atoms with Gasteiger partial charge in [-0.25, -0.2) is 13.4 Å². The molecule has 0 bridgehead atoms. The molecule has 2 heterocycles. The number of aromatic nitrogens is 1. The fourth-order valence-corrected chi connectivity index (χ4v) is 3.24. The summed E-state index contributed by atoms with van der Waals surface area (Å²) in [4.78, 5) is 6.12. The smallest absolute Gasteiger partial charge is 0.153 e. The number of nitrogens with one attached hydrogen (secondary N) is 1. The van der Waals surface area contributed by atoms with Crippen LogP contribution in [0.1, 0.15) is 11.1 Å². The van der Waals surface area contributed by atoms with Crippen LogP contribution in [0.5, 0.6) is 0 Å². The van der Waals surface area contributed by atoms with Gasteiger partial charge in [-0.3, -0.25) is 5.41 Å². The number of nitrogen functional groups attached to an aromatic ring is 1. The molecule has 7 heteroatoms. The van der Waals surface area contributed by atoms with Gasteiger partial charge in [0.25, 0.3) is 0 Å². The van der Waals surface area contributed by atoms with Crippen LogP contribution in [-0.2, 0) is 9.84 Å². The van der Waals surface area contributed by atoms with Gasteiger partial charge in [0.15, 0.2) is 9.84 Å². The van der Waals surface area contributed by atoms with Crippen LogP contribution in [0.25, 0.3) is 0 Å². The first kappa shape index (κ1) is 12.8. The molecule has 98 valence electrons. The molecule has 1 fully saturated rings. The van der Waals surface area contributed by atoms with Gasteiger partial charge in [0.2, 0.25) is 0 Å². The minimum absolute atomic E-state index is 0.0379. The molecule has 0 unspecified atom stereocenters. The number of pyridine rings is 1. The van der Waals surface area contributed by atoms with Crippen LogP contribution in [0, 0.1) is 12.3 Å². The zero-order valence-corrected chi connectivity index (χ0v) is 11.0. The van der Waals surface area contributed by atoms with Crippen LogP contribution in [0.3, 0.4) is 0 Å². The molecule has 6 nitrogen and oxygen atoms in total. The van der Waals surface area contributed by atoms with Gasteiger partial charge in [-0.05, 0) is 18.6 Å². The summed E-state index contributed by atoms with van der Waals surface area (Å²) < 4.78 is 22.8. The normalized spacial score (nSPS) is 18.6. The Balaban J connectivity index is 2.35. The highest BCUT2D eigenvalue weighted by atomic mass is 32.2. The van der Waals surface area contributed by atoms with Crippen LogP contribution in [0.2, 0.25) is 0 Å². The lowest BCUT2D eigenvalue weighted by atomic mass is 10.1. The van der Waals surface area contributed by atoms with Crippen molar-refractivity contribution < 1.29 is 8.42 Å². The number of sulfone groups is 1. The number of rotatable bonds is 2. The van der Waals surface area contributed by atoms with Crippen molar-refractivity contribution in [2.75, 3.05) is 29.5 Å². The second-order valence-corrected chi connectivity index (χ2v) is 6.68. The number of hydrogen-bond acceptors (Lipinski definition) is 5. The highest BCUT2D eigenvalue weighted by Crippen LogP contribution is 2.22. The van der Waals surface area contributed by atoms with Gasteiger partial charge in [-0.2, -0.15) is 0 Å². The number of hydrogen-bond donors (Lipinski definition) is 2. The van der Waals surface area contributed by atoms with Gasteiger partial charge in [-0.1, -0.05) is 0 Å². The highest BCUT2D eigenvalue weighted by Gasteiger charge is 2.25. The first-order chi connectivity index (χ1) is 8.41. The standard InChI is InChI=1S/C11H16N4O2S/c1-8-2-3-14-11(9(8)10(12)13)15-4-6-18(16,17)7-5-15/h2-3H,4-7H2,1H3,(H3,12,13). The Bertz CT molecular complexity index is 569. The average Bonchev–Trinajstić information content (AvgIpc) is 2.28. The minimum atomic E-state index is -2.92. The van der Waals surface area contributed by atoms with Crippen LogP contribution >= 0.6 is 0 Å². The Morgan fingerprint density at radius 2 is 2.06 bits per heavy atom. The molecule has 0 aliphatic carbocycles. The number of nitrogens with zero attached hydrogens (tertiary/aromatic N) is 2. The zero-order chi connectivity index (χ0) is 13.3. The molecule has 1 saturated heterocycles. The van der Waals surface area contributed by atoms with E-state index < -0.39 is 9.84 Å². The lowest BCUT2D eigenvalue weighted by Gasteiger charge is -2.29. The van der Waals surface area contributed by atoms with Crippen molar-refractivity contribution in [3.8, 4) is 0 Å². The Morgan fingerprint density at radius 1 is 1.44 bits per heavy atom. The highest BCUT2D eigenvalue weighted by molar-refractivity contribution is 7.91. The van der Waals surface area contributed by atoms with Crippen LogP contribution in [-0.4, -0.2) is 43.8 Å². The molecule has 1 aromatic rings. The van der Waals surface area contributed by atoms with Gasteiger partial charge >= 0.3 is 0 Å². The summed E-state index contributed by atoms with van der Waals surface area (Å²) in [5, 5.41) is 7.61. The largest absolute Gasteiger partial charge is 0.384 e. The van der Waals surface area contributed by atoms with Gasteiger partial charge < -0.3 is 10.6 Å². The Kier molecular flexibility index (Phi) is 3.25. The summed E-state index contributed by atoms with van der Waals surface area (Å²) in [5.41, 5.74) is 7.04. The second-order valence-electron chi connectivity index (χ2n) is 4.38. The Labute approximate surface area is 106 Å². The third-order valence-electron chi connectivity index (χ3n) is 3.05. The minimum Gasteiger partial charge on any atom is -0.384 e. The molecule has 1 aromatic heterocycles. The van der Waals surface area contributed by atoms with Crippen LogP contribution < -0.4 is 10.6 Å². The van der Waals surface area contributed by atoms with E-state index in [0.717, 1.165) is 5.56 Å². The van der Waals surface area contributed by atoms with E-state index in [1.165, 1.54) is 0 Å². The molecule has 0 spiro atoms. The summed E-state index contributed by atoms with van der Waals surface area (Å²) in [5.74, 6) is 0.821. The maximum atomic E-state index is 11.4. The maximum absolute atomic E-state index is 11.4. The third-order valence-corrected chi connectivity index (χ3v) is 4.66. The van der Waals surface area contributed by atoms with E-state index in [-0.39, 0.29) is 17.3 Å². The fourth-order valence-electron chi connectivity index (χ4n) is 2.04. The number of amidine groups is 1. The molecule has 0 amide bonds. The first-order valence-corrected chi connectivity index (χ1v) is 7.48. The summed E-state index contributed by atoms with van der Waals surface area (Å²) in [7, 11) is -2.92. The van der Waals surface area contributed by atoms with Crippen molar-refractivity contribution in [2.24, 2.45) is 5.73 Å². The average molecular weight is 268 g/mol. The lowest BCUT2D eigenvalue weighted by Crippen LogP contribution is -2.41. The van der Waals surface area contributed by atoms with Crippen LogP contribution in [0.15, 0.2) is 12.3 Å². The van der Waals surface area contributed by atoms with Crippen molar-refractivity contribution in [3.63, 3.8) is 0 Å². The van der Waals surface area contributed by atoms with E-state index in [2.05, 4.69) is 4.98 Å². The zero-order valence-electron chi connectivity index (χ0n) is 10.2. The Morgan fingerprint density at radius 3 is 2.61 bits per heavy atom. The molecule has 1 aliphatic heterocycles. The van der Waals surface area contributed by atoms with E-state index in [0.29, 0.717) is 24.5 Å². The topological polar surface area (TPSA) is 100 Å². The molecular weight excluding hydrogens is 252 g/mol. The molecule has 2 rings (SSSR count). The maximum Gasteiger partial charge on any atom is 0.153 e. The predicted octanol–water partition coefficient (Wildman–Crippen LogP) is -0.0911. The van der Waals surface area contributed by atoms with Crippen molar-refractivity contribution >= 4 is 21.5 Å². The molecule has 18 heavy (non-hydrogen) atoms. The van der Waals surface area contributed by atoms with E-state index in [1.807, 2.05) is 11.8 Å². The molecule has 0 saturated carbocycles. The molecular formula is C11H16N4O2S. The van der Waals surface area contributed by atoms with Crippen molar-refractivity contribution in [2.45, 2.75) is 6.92 Å². The van der Waals surface area contributed by atoms with Gasteiger partial charge in [0.05, 0.1) is 17.1 Å². The number of nitrogens with two attached hydrogens (primary N) is 1. The second kappa shape index (κ2) is 4.56. The molecule has 3 N–H and O–H groups in total. The number of aryl methyl sites for hydroxylation is 1. The van der Waals surface area contributed by atoms with E-state index in [1.54, 1.807) is 12.3 Å². The Hall–Kier alpha value is -1.63. The first-order valence-electron chi connectivity index (χ1n) is 5.66. The van der Waals surface area contributed by atoms with Gasteiger partial charge in [-0.15, -0.1) is 0 Å². The molecule has 1 aliphatic rings. The van der Waals surface area contributed by atoms with E-state index in [4.69, 9.17) is 11.1 Å². The van der Waals surface area contributed by atoms with Crippen molar-refractivity contribution in [3.05, 3.63) is 23.4 Å². The number of anilines is 1. The summed E-state index contributed by atoms with van der Waals surface area (Å²) >= 11 is 0. The SMILES string of the molecule is Cc1ccnc(N2CCS(=O)(=O)CC2)c1C(=N)N. The van der Waals surface area contributed by atoms with Crippen molar-refractivity contribution in [1.29, 1.82) is 5.41 Å². The fraction of sp³-hybridized carbons (Fsp3) is 0.455. The van der Waals surface area contributed by atoms with Gasteiger partial charge in [0, 0.05) is 19.3 Å². The third kappa shape index (κ3) is 2.45. The van der Waals surface area contributed by atoms with Crippen molar-refractivity contribution in [1.82, 2.24) is 4.98 Å². The predicted molar refractivity (Wildman–Crippen MR) is 70.9 cm³/mol. The molecule has 0 aromatic carbocycles. The van der Waals surface area contributed by atoms with Crippen LogP contribution in [0.4, 0.5) is 5.82 Å². The monoisotopic (exact) mass is 268 g/mol. The van der Waals surface area contributed by atoms with E-state index in [9.17, 15) is 8.42 Å². The quantitative estimate of drug-likeness (QED) is 0.576. The molecule has 0 radical (unpaired) electrons. The molecule has 0 atom stereocenters. The summed E-state index contributed by atoms with van der Waals surface area (Å²) in [6.45, 7) is 2.67. The summed E-state index contributed by atoms with van der Waals surface area (Å²) in [6, 6.07) is 1.79. The summed E-state index contributed by atoms with van der Waals surface area (Å²) in [6.07, 6.45) is 1.65.